The Morgan fingerprint density at radius 2 is 1.74 bits per heavy atom. The zero-order valence-electron chi connectivity index (χ0n) is 38.4. The molecule has 3 N–H and O–H groups in total. The van der Waals surface area contributed by atoms with Gasteiger partial charge in [-0.25, -0.2) is 13.2 Å². The van der Waals surface area contributed by atoms with Crippen molar-refractivity contribution in [1.82, 2.24) is 14.6 Å². The van der Waals surface area contributed by atoms with Crippen molar-refractivity contribution in [3.8, 4) is 11.5 Å². The van der Waals surface area contributed by atoms with Gasteiger partial charge < -0.3 is 34.6 Å². The van der Waals surface area contributed by atoms with Gasteiger partial charge in [0, 0.05) is 68.4 Å². The second-order valence-electron chi connectivity index (χ2n) is 17.6. The van der Waals surface area contributed by atoms with Crippen molar-refractivity contribution < 1.29 is 47.4 Å². The van der Waals surface area contributed by atoms with E-state index in [0.717, 1.165) is 11.1 Å². The quantitative estimate of drug-likeness (QED) is 0.0273. The number of hydrogen-bond acceptors (Lipinski definition) is 13. The van der Waals surface area contributed by atoms with Gasteiger partial charge in [-0.2, -0.15) is 4.31 Å². The summed E-state index contributed by atoms with van der Waals surface area (Å²) >= 11 is 0. The molecule has 4 aromatic carbocycles. The predicted molar refractivity (Wildman–Crippen MR) is 259 cm³/mol. The number of nitro groups is 1. The number of nitrogens with one attached hydrogen (secondary N) is 1. The van der Waals surface area contributed by atoms with Crippen molar-refractivity contribution in [2.75, 3.05) is 26.9 Å². The van der Waals surface area contributed by atoms with Crippen molar-refractivity contribution in [3.63, 3.8) is 0 Å². The Bertz CT molecular complexity index is 2800. The fraction of sp³-hybridized carbons (Fsp3) is 0.365. The lowest BCUT2D eigenvalue weighted by molar-refractivity contribution is -0.384. The molecule has 0 saturated heterocycles. The predicted octanol–water partition coefficient (Wildman–Crippen LogP) is 8.59. The SMILES string of the molecule is C=CCOC12Oc3ccc(OC(=O)NCc4ccccc4)cc3C3C(CCCCO)C(CCCCO)C=C(C(=NOCc4ccc([N+](=O)[O-])cc4)CC1N(C)S(=O)(=O)c1cccc4cccnc14)C32. The maximum atomic E-state index is 15.3. The zero-order valence-corrected chi connectivity index (χ0v) is 39.2. The van der Waals surface area contributed by atoms with E-state index in [1.54, 1.807) is 66.9 Å². The first-order chi connectivity index (χ1) is 33.5. The number of allylic oxidation sites excluding steroid dienone is 1. The van der Waals surface area contributed by atoms with Crippen molar-refractivity contribution in [2.45, 2.75) is 80.7 Å². The number of carbonyl (C=O) groups is 1. The van der Waals surface area contributed by atoms with Crippen LogP contribution < -0.4 is 14.8 Å². The molecular weight excluding hydrogens is 903 g/mol. The Labute approximate surface area is 401 Å². The summed E-state index contributed by atoms with van der Waals surface area (Å²) < 4.78 is 51.9. The molecule has 16 nitrogen and oxygen atoms in total. The van der Waals surface area contributed by atoms with E-state index in [1.165, 1.54) is 29.6 Å². The van der Waals surface area contributed by atoms with E-state index < -0.39 is 44.7 Å². The van der Waals surface area contributed by atoms with Gasteiger partial charge in [0.1, 0.15) is 23.0 Å². The molecule has 69 heavy (non-hydrogen) atoms. The summed E-state index contributed by atoms with van der Waals surface area (Å²) in [7, 11) is -2.88. The highest BCUT2D eigenvalue weighted by atomic mass is 32.2. The Morgan fingerprint density at radius 3 is 2.48 bits per heavy atom. The molecule has 6 unspecified atom stereocenters. The van der Waals surface area contributed by atoms with E-state index in [0.29, 0.717) is 72.0 Å². The Balaban J connectivity index is 1.29. The number of aliphatic hydroxyl groups is 2. The number of carbonyl (C=O) groups excluding carboxylic acids is 1. The van der Waals surface area contributed by atoms with Crippen LogP contribution in [0.25, 0.3) is 10.9 Å². The molecule has 1 amide bonds. The normalized spacial score (nSPS) is 22.2. The number of benzene rings is 4. The number of hydrogen-bond donors (Lipinski definition) is 3. The van der Waals surface area contributed by atoms with Gasteiger partial charge in [-0.15, -0.1) is 6.58 Å². The minimum Gasteiger partial charge on any atom is -0.460 e. The molecular formula is C52H57N5O11S. The van der Waals surface area contributed by atoms with Crippen LogP contribution >= 0.6 is 0 Å². The van der Waals surface area contributed by atoms with Gasteiger partial charge in [0.15, 0.2) is 0 Å². The summed E-state index contributed by atoms with van der Waals surface area (Å²) in [6.07, 6.45) is 8.47. The number of amides is 1. The molecule has 362 valence electrons. The minimum absolute atomic E-state index is 0.00406. The van der Waals surface area contributed by atoms with Crippen LogP contribution in [0.2, 0.25) is 0 Å². The highest BCUT2D eigenvalue weighted by Crippen LogP contribution is 2.62. The van der Waals surface area contributed by atoms with Crippen molar-refractivity contribution in [2.24, 2.45) is 22.9 Å². The first-order valence-corrected chi connectivity index (χ1v) is 24.7. The molecule has 6 atom stereocenters. The Morgan fingerprint density at radius 1 is 0.986 bits per heavy atom. The molecule has 1 aliphatic heterocycles. The molecule has 17 heteroatoms. The maximum absolute atomic E-state index is 15.3. The average Bonchev–Trinajstić information content (AvgIpc) is 3.36. The van der Waals surface area contributed by atoms with Crippen LogP contribution in [-0.2, 0) is 32.7 Å². The van der Waals surface area contributed by atoms with Gasteiger partial charge in [0.2, 0.25) is 15.8 Å². The van der Waals surface area contributed by atoms with Gasteiger partial charge in [0.25, 0.3) is 5.69 Å². The summed E-state index contributed by atoms with van der Waals surface area (Å²) in [5, 5.41) is 39.6. The van der Waals surface area contributed by atoms with E-state index in [9.17, 15) is 25.1 Å². The molecule has 0 bridgehead atoms. The number of para-hydroxylation sites is 1. The molecule has 2 heterocycles. The van der Waals surface area contributed by atoms with Gasteiger partial charge in [-0.05, 0) is 96.7 Å². The summed E-state index contributed by atoms with van der Waals surface area (Å²) in [5.74, 6) is -2.50. The van der Waals surface area contributed by atoms with Crippen molar-refractivity contribution in [3.05, 3.63) is 160 Å². The zero-order chi connectivity index (χ0) is 48.5. The summed E-state index contributed by atoms with van der Waals surface area (Å²) in [6, 6.07) is 28.0. The molecule has 2 aliphatic carbocycles. The van der Waals surface area contributed by atoms with Crippen molar-refractivity contribution >= 4 is 38.4 Å². The number of pyridine rings is 1. The summed E-state index contributed by atoms with van der Waals surface area (Å²) in [5.41, 5.74) is 3.65. The van der Waals surface area contributed by atoms with E-state index in [1.807, 2.05) is 30.3 Å². The highest BCUT2D eigenvalue weighted by Gasteiger charge is 2.66. The van der Waals surface area contributed by atoms with E-state index in [2.05, 4.69) is 23.0 Å². The smallest absolute Gasteiger partial charge is 0.412 e. The number of rotatable bonds is 21. The topological polar surface area (TPSA) is 212 Å². The standard InChI is InChI=1S/C52H57N5O11S/c1-3-29-65-52-47(56(2)69(63,64)46-19-11-16-37-17-12-26-53-50(37)46)32-44(55-66-34-36-20-22-39(23-21-36)57(61)62)42-30-38(15-7-9-27-58)41(18-8-10-28-59)48(49(42)52)43-31-40(24-25-45(43)68-52)67-51(60)54-33-35-13-5-4-6-14-35/h3-6,11-14,16-17,19-26,30-31,38,41,47-49,58-59H,1,7-10,15,18,27-29,32-34H2,2H3,(H,54,60). The first kappa shape index (κ1) is 48.9. The molecule has 5 aromatic rings. The molecule has 0 radical (unpaired) electrons. The molecule has 1 saturated carbocycles. The van der Waals surface area contributed by atoms with Gasteiger partial charge in [0.05, 0.1) is 34.7 Å². The number of oxime groups is 1. The molecule has 1 fully saturated rings. The van der Waals surface area contributed by atoms with Crippen LogP contribution in [0.1, 0.15) is 67.6 Å². The number of nitro benzene ring substituents is 1. The largest absolute Gasteiger partial charge is 0.460 e. The Hall–Kier alpha value is -6.50. The minimum atomic E-state index is -4.38. The molecule has 3 aliphatic rings. The number of aromatic nitrogens is 1. The number of ether oxygens (including phenoxy) is 3. The Kier molecular flexibility index (Phi) is 15.5. The van der Waals surface area contributed by atoms with E-state index >= 15 is 8.42 Å². The number of nitrogens with zero attached hydrogens (tertiary/aromatic N) is 4. The summed E-state index contributed by atoms with van der Waals surface area (Å²) in [4.78, 5) is 34.8. The maximum Gasteiger partial charge on any atom is 0.412 e. The van der Waals surface area contributed by atoms with Crippen LogP contribution in [-0.4, -0.2) is 83.3 Å². The van der Waals surface area contributed by atoms with Gasteiger partial charge >= 0.3 is 6.09 Å². The number of fused-ring (bicyclic) bond motifs is 3. The second kappa shape index (κ2) is 21.9. The average molecular weight is 960 g/mol. The van der Waals surface area contributed by atoms with Gasteiger partial charge in [-0.1, -0.05) is 78.7 Å². The van der Waals surface area contributed by atoms with Crippen LogP contribution in [0.4, 0.5) is 10.5 Å². The summed E-state index contributed by atoms with van der Waals surface area (Å²) in [6.45, 7) is 4.17. The van der Waals surface area contributed by atoms with E-state index in [4.69, 9.17) is 24.2 Å². The lowest BCUT2D eigenvalue weighted by Crippen LogP contribution is -2.69. The van der Waals surface area contributed by atoms with Crippen LogP contribution in [0.15, 0.2) is 144 Å². The second-order valence-corrected chi connectivity index (χ2v) is 19.5. The fourth-order valence-electron chi connectivity index (χ4n) is 10.2. The van der Waals surface area contributed by atoms with Gasteiger partial charge in [-0.3, -0.25) is 15.1 Å². The van der Waals surface area contributed by atoms with E-state index in [-0.39, 0.29) is 67.6 Å². The lowest BCUT2D eigenvalue weighted by atomic mass is 9.55. The fourth-order valence-corrected chi connectivity index (χ4v) is 11.7. The van der Waals surface area contributed by atoms with Crippen LogP contribution in [0, 0.1) is 27.9 Å². The molecule has 8 rings (SSSR count). The third kappa shape index (κ3) is 10.4. The third-order valence-electron chi connectivity index (χ3n) is 13.4. The third-order valence-corrected chi connectivity index (χ3v) is 15.3. The number of unbranched alkanes of at least 4 members (excludes halogenated alkanes) is 2. The number of likely N-dealkylation sites (N-methyl/N-ethyl adjacent to an activating group) is 1. The number of sulfonamides is 1. The van der Waals surface area contributed by atoms with Crippen LogP contribution in [0.5, 0.6) is 11.5 Å². The lowest BCUT2D eigenvalue weighted by Gasteiger charge is -2.59. The van der Waals surface area contributed by atoms with Crippen LogP contribution in [0.3, 0.4) is 0 Å². The first-order valence-electron chi connectivity index (χ1n) is 23.2. The van der Waals surface area contributed by atoms with Crippen molar-refractivity contribution in [1.29, 1.82) is 0 Å². The molecule has 0 spiro atoms. The molecule has 1 aromatic heterocycles. The number of aliphatic hydroxyl groups excluding tert-OH is 2. The highest BCUT2D eigenvalue weighted by molar-refractivity contribution is 7.89. The number of non-ortho nitro benzene ring substituents is 1. The monoisotopic (exact) mass is 959 g/mol.